The summed E-state index contributed by atoms with van der Waals surface area (Å²) in [7, 11) is 0. The number of carbonyl (C=O) groups excluding carboxylic acids is 1. The van der Waals surface area contributed by atoms with Crippen molar-refractivity contribution >= 4 is 11.7 Å². The highest BCUT2D eigenvalue weighted by Gasteiger charge is 2.34. The molecule has 0 amide bonds. The van der Waals surface area contributed by atoms with Gasteiger partial charge in [-0.25, -0.2) is 0 Å². The van der Waals surface area contributed by atoms with Gasteiger partial charge < -0.3 is 9.47 Å². The Bertz CT molecular complexity index is 637. The number of ether oxygens (including phenoxy) is 2. The molecule has 0 aliphatic heterocycles. The normalized spacial score (nSPS) is 10.7. The quantitative estimate of drug-likeness (QED) is 0.469. The van der Waals surface area contributed by atoms with Crippen LogP contribution in [0.5, 0.6) is 5.75 Å². The van der Waals surface area contributed by atoms with Gasteiger partial charge in [0.25, 0.3) is 5.69 Å². The molecule has 0 spiro atoms. The molecular formula is C12H9F3N2O5. The van der Waals surface area contributed by atoms with Crippen LogP contribution >= 0.6 is 0 Å². The van der Waals surface area contributed by atoms with E-state index >= 15 is 0 Å². The highest BCUT2D eigenvalue weighted by atomic mass is 19.4. The van der Waals surface area contributed by atoms with Gasteiger partial charge in [0.2, 0.25) is 0 Å². The average Bonchev–Trinajstić information content (AvgIpc) is 2.38. The van der Waals surface area contributed by atoms with Crippen LogP contribution < -0.4 is 4.74 Å². The number of halogens is 3. The van der Waals surface area contributed by atoms with Crippen molar-refractivity contribution in [2.24, 2.45) is 0 Å². The monoisotopic (exact) mass is 318 g/mol. The Labute approximate surface area is 122 Å². The van der Waals surface area contributed by atoms with E-state index in [4.69, 9.17) is 5.26 Å². The number of hydrogen-bond donors (Lipinski definition) is 0. The first-order chi connectivity index (χ1) is 10.2. The van der Waals surface area contributed by atoms with Gasteiger partial charge >= 0.3 is 12.3 Å². The van der Waals surface area contributed by atoms with Crippen LogP contribution in [0.2, 0.25) is 0 Å². The minimum Gasteiger partial charge on any atom is -0.466 e. The number of carbonyl (C=O) groups is 1. The lowest BCUT2D eigenvalue weighted by atomic mass is 10.1. The third-order valence-electron chi connectivity index (χ3n) is 2.36. The predicted octanol–water partition coefficient (Wildman–Crippen LogP) is 2.47. The summed E-state index contributed by atoms with van der Waals surface area (Å²) in [6.07, 6.45) is -5.66. The molecule has 0 aromatic heterocycles. The molecule has 0 saturated heterocycles. The number of nitrogens with zero attached hydrogens (tertiary/aromatic N) is 2. The lowest BCUT2D eigenvalue weighted by Gasteiger charge is -2.11. The Morgan fingerprint density at radius 3 is 2.55 bits per heavy atom. The molecule has 0 radical (unpaired) electrons. The first-order valence-electron chi connectivity index (χ1n) is 5.80. The number of nitro benzene ring substituents is 1. The van der Waals surface area contributed by atoms with E-state index in [1.54, 1.807) is 0 Å². The molecule has 0 N–H and O–H groups in total. The Hall–Kier alpha value is -2.83. The van der Waals surface area contributed by atoms with E-state index in [-0.39, 0.29) is 12.2 Å². The van der Waals surface area contributed by atoms with E-state index in [9.17, 15) is 28.1 Å². The van der Waals surface area contributed by atoms with Gasteiger partial charge in [-0.05, 0) is 13.0 Å². The number of alkyl halides is 3. The molecule has 10 heteroatoms. The molecule has 1 aromatic rings. The third-order valence-corrected chi connectivity index (χ3v) is 2.36. The van der Waals surface area contributed by atoms with Crippen molar-refractivity contribution in [1.29, 1.82) is 5.26 Å². The summed E-state index contributed by atoms with van der Waals surface area (Å²) in [6.45, 7) is 1.56. The van der Waals surface area contributed by atoms with Crippen LogP contribution in [-0.2, 0) is 16.0 Å². The molecule has 0 heterocycles. The predicted molar refractivity (Wildman–Crippen MR) is 64.8 cm³/mol. The fourth-order valence-corrected chi connectivity index (χ4v) is 1.59. The van der Waals surface area contributed by atoms with Crippen LogP contribution in [0.3, 0.4) is 0 Å². The largest absolute Gasteiger partial charge is 0.573 e. The SMILES string of the molecule is CCOC(=O)Cc1cc(C#N)c(OC(F)(F)F)cc1[N+](=O)[O-]. The Morgan fingerprint density at radius 2 is 2.09 bits per heavy atom. The molecule has 0 fully saturated rings. The van der Waals surface area contributed by atoms with Crippen molar-refractivity contribution in [3.63, 3.8) is 0 Å². The lowest BCUT2D eigenvalue weighted by molar-refractivity contribution is -0.385. The number of esters is 1. The zero-order chi connectivity index (χ0) is 16.9. The molecule has 22 heavy (non-hydrogen) atoms. The highest BCUT2D eigenvalue weighted by molar-refractivity contribution is 5.75. The summed E-state index contributed by atoms with van der Waals surface area (Å²) in [5, 5.41) is 19.7. The minimum atomic E-state index is -5.11. The standard InChI is InChI=1S/C12H9F3N2O5/c1-2-21-11(18)4-7-3-8(6-16)10(22-12(13,14)15)5-9(7)17(19)20/h3,5H,2,4H2,1H3. The second-order valence-corrected chi connectivity index (χ2v) is 3.88. The molecule has 0 atom stereocenters. The zero-order valence-electron chi connectivity index (χ0n) is 11.1. The zero-order valence-corrected chi connectivity index (χ0v) is 11.1. The Balaban J connectivity index is 3.31. The third kappa shape index (κ3) is 4.62. The van der Waals surface area contributed by atoms with Gasteiger partial charge in [0.1, 0.15) is 6.07 Å². The van der Waals surface area contributed by atoms with Crippen molar-refractivity contribution in [2.45, 2.75) is 19.7 Å². The van der Waals surface area contributed by atoms with Crippen LogP contribution in [0, 0.1) is 21.4 Å². The van der Waals surface area contributed by atoms with Crippen LogP contribution in [0.4, 0.5) is 18.9 Å². The van der Waals surface area contributed by atoms with Gasteiger partial charge in [0.15, 0.2) is 5.75 Å². The number of hydrogen-bond acceptors (Lipinski definition) is 6. The summed E-state index contributed by atoms with van der Waals surface area (Å²) in [5.41, 5.74) is -1.59. The van der Waals surface area contributed by atoms with E-state index in [0.29, 0.717) is 6.07 Å². The molecule has 1 aromatic carbocycles. The summed E-state index contributed by atoms with van der Waals surface area (Å²) < 4.78 is 44.9. The molecule has 7 nitrogen and oxygen atoms in total. The summed E-state index contributed by atoms with van der Waals surface area (Å²) >= 11 is 0. The molecular weight excluding hydrogens is 309 g/mol. The van der Waals surface area contributed by atoms with E-state index < -0.39 is 40.7 Å². The van der Waals surface area contributed by atoms with Gasteiger partial charge in [0.05, 0.1) is 29.6 Å². The highest BCUT2D eigenvalue weighted by Crippen LogP contribution is 2.32. The van der Waals surface area contributed by atoms with Gasteiger partial charge in [-0.2, -0.15) is 5.26 Å². The molecule has 0 bridgehead atoms. The fraction of sp³-hybridized carbons (Fsp3) is 0.333. The van der Waals surface area contributed by atoms with Gasteiger partial charge in [-0.15, -0.1) is 13.2 Å². The van der Waals surface area contributed by atoms with Gasteiger partial charge in [-0.3, -0.25) is 14.9 Å². The van der Waals surface area contributed by atoms with Crippen molar-refractivity contribution in [3.8, 4) is 11.8 Å². The maximum atomic E-state index is 12.2. The molecule has 0 unspecified atom stereocenters. The summed E-state index contributed by atoms with van der Waals surface area (Å²) in [4.78, 5) is 21.3. The number of benzene rings is 1. The summed E-state index contributed by atoms with van der Waals surface area (Å²) in [5.74, 6) is -1.81. The molecule has 0 aliphatic rings. The first kappa shape index (κ1) is 17.2. The number of nitriles is 1. The van der Waals surface area contributed by atoms with E-state index in [2.05, 4.69) is 9.47 Å². The minimum absolute atomic E-state index is 0.0347. The van der Waals surface area contributed by atoms with Crippen LogP contribution in [-0.4, -0.2) is 23.9 Å². The Kier molecular flexibility index (Phi) is 5.28. The molecule has 0 aliphatic carbocycles. The molecule has 118 valence electrons. The van der Waals surface area contributed by atoms with E-state index in [0.717, 1.165) is 6.07 Å². The lowest BCUT2D eigenvalue weighted by Crippen LogP contribution is -2.18. The van der Waals surface area contributed by atoms with Gasteiger partial charge in [0, 0.05) is 5.56 Å². The van der Waals surface area contributed by atoms with E-state index in [1.165, 1.54) is 13.0 Å². The maximum Gasteiger partial charge on any atom is 0.573 e. The number of nitro groups is 1. The van der Waals surface area contributed by atoms with Crippen LogP contribution in [0.1, 0.15) is 18.1 Å². The van der Waals surface area contributed by atoms with Crippen molar-refractivity contribution in [2.75, 3.05) is 6.61 Å². The van der Waals surface area contributed by atoms with Gasteiger partial charge in [-0.1, -0.05) is 0 Å². The second kappa shape index (κ2) is 6.75. The second-order valence-electron chi connectivity index (χ2n) is 3.88. The number of rotatable bonds is 5. The first-order valence-corrected chi connectivity index (χ1v) is 5.80. The smallest absolute Gasteiger partial charge is 0.466 e. The van der Waals surface area contributed by atoms with Crippen molar-refractivity contribution in [3.05, 3.63) is 33.4 Å². The fourth-order valence-electron chi connectivity index (χ4n) is 1.59. The van der Waals surface area contributed by atoms with E-state index in [1.807, 2.05) is 0 Å². The van der Waals surface area contributed by atoms with Crippen LogP contribution in [0.25, 0.3) is 0 Å². The molecule has 1 rings (SSSR count). The van der Waals surface area contributed by atoms with Crippen LogP contribution in [0.15, 0.2) is 12.1 Å². The molecule has 0 saturated carbocycles. The average molecular weight is 318 g/mol. The topological polar surface area (TPSA) is 102 Å². The Morgan fingerprint density at radius 1 is 1.45 bits per heavy atom. The summed E-state index contributed by atoms with van der Waals surface area (Å²) in [6, 6.07) is 2.69. The maximum absolute atomic E-state index is 12.2. The van der Waals surface area contributed by atoms with Crippen molar-refractivity contribution < 1.29 is 32.4 Å². The van der Waals surface area contributed by atoms with Crippen molar-refractivity contribution in [1.82, 2.24) is 0 Å².